The number of benzene rings is 1. The van der Waals surface area contributed by atoms with E-state index in [0.717, 1.165) is 18.4 Å². The van der Waals surface area contributed by atoms with Crippen LogP contribution in [0.3, 0.4) is 0 Å². The van der Waals surface area contributed by atoms with Crippen LogP contribution in [0.25, 0.3) is 11.0 Å². The molecule has 0 bridgehead atoms. The number of hydrogen-bond donors (Lipinski definition) is 1. The van der Waals surface area contributed by atoms with E-state index in [2.05, 4.69) is 11.9 Å². The van der Waals surface area contributed by atoms with E-state index in [0.29, 0.717) is 11.3 Å². The second-order valence-electron chi connectivity index (χ2n) is 5.56. The number of aryl methyl sites for hydroxylation is 1. The van der Waals surface area contributed by atoms with Crippen molar-refractivity contribution in [1.82, 2.24) is 9.55 Å². The minimum absolute atomic E-state index is 0.254. The second-order valence-corrected chi connectivity index (χ2v) is 7.54. The van der Waals surface area contributed by atoms with Crippen LogP contribution >= 0.6 is 0 Å². The Morgan fingerprint density at radius 2 is 2.05 bits per heavy atom. The fourth-order valence-electron chi connectivity index (χ4n) is 2.63. The summed E-state index contributed by atoms with van der Waals surface area (Å²) in [5.74, 6) is 0.713. The van der Waals surface area contributed by atoms with Gasteiger partial charge in [-0.25, -0.2) is 13.4 Å². The minimum atomic E-state index is -3.31. The molecule has 0 spiro atoms. The molecule has 0 aliphatic rings. The van der Waals surface area contributed by atoms with E-state index >= 15 is 0 Å². The van der Waals surface area contributed by atoms with Crippen LogP contribution in [0.4, 0.5) is 0 Å². The molecule has 0 aliphatic carbocycles. The van der Waals surface area contributed by atoms with Gasteiger partial charge < -0.3 is 10.3 Å². The Morgan fingerprint density at radius 1 is 1.40 bits per heavy atom. The number of rotatable bonds is 4. The highest BCUT2D eigenvalue weighted by atomic mass is 32.2. The smallest absolute Gasteiger partial charge is 0.177 e. The summed E-state index contributed by atoms with van der Waals surface area (Å²) in [7, 11) is -1.43. The average Bonchev–Trinajstić information content (AvgIpc) is 2.66. The molecule has 1 heterocycles. The summed E-state index contributed by atoms with van der Waals surface area (Å²) in [5.41, 5.74) is 7.06. The van der Waals surface area contributed by atoms with Crippen molar-refractivity contribution in [3.63, 3.8) is 0 Å². The summed E-state index contributed by atoms with van der Waals surface area (Å²) >= 11 is 0. The van der Waals surface area contributed by atoms with Crippen LogP contribution in [-0.4, -0.2) is 24.2 Å². The van der Waals surface area contributed by atoms with Crippen LogP contribution in [0.1, 0.15) is 32.5 Å². The van der Waals surface area contributed by atoms with Crippen molar-refractivity contribution in [3.8, 4) is 0 Å². The topological polar surface area (TPSA) is 78.0 Å². The van der Waals surface area contributed by atoms with E-state index < -0.39 is 15.4 Å². The predicted molar refractivity (Wildman–Crippen MR) is 80.3 cm³/mol. The third kappa shape index (κ3) is 2.45. The molecule has 6 heteroatoms. The summed E-state index contributed by atoms with van der Waals surface area (Å²) < 4.78 is 25.6. The molecule has 110 valence electrons. The lowest BCUT2D eigenvalue weighted by molar-refractivity contribution is 0.410. The molecule has 1 atom stereocenters. The van der Waals surface area contributed by atoms with Crippen molar-refractivity contribution in [2.24, 2.45) is 12.8 Å². The summed E-state index contributed by atoms with van der Waals surface area (Å²) in [4.78, 5) is 4.78. The van der Waals surface area contributed by atoms with Gasteiger partial charge >= 0.3 is 0 Å². The third-order valence-electron chi connectivity index (χ3n) is 3.55. The zero-order valence-electron chi connectivity index (χ0n) is 12.3. The predicted octanol–water partition coefficient (Wildman–Crippen LogP) is 1.95. The first kappa shape index (κ1) is 15.0. The second kappa shape index (κ2) is 4.86. The van der Waals surface area contributed by atoms with Gasteiger partial charge in [0.05, 0.1) is 16.0 Å². The normalized spacial score (nSPS) is 15.4. The number of aromatic nitrogens is 2. The van der Waals surface area contributed by atoms with Crippen LogP contribution in [0.2, 0.25) is 0 Å². The number of hydrogen-bond acceptors (Lipinski definition) is 4. The molecule has 2 rings (SSSR count). The molecule has 0 saturated carbocycles. The van der Waals surface area contributed by atoms with Crippen molar-refractivity contribution in [3.05, 3.63) is 24.0 Å². The first-order valence-corrected chi connectivity index (χ1v) is 8.52. The van der Waals surface area contributed by atoms with E-state index in [9.17, 15) is 8.42 Å². The number of imidazole rings is 1. The van der Waals surface area contributed by atoms with Crippen LogP contribution < -0.4 is 5.73 Å². The Balaban J connectivity index is 2.77. The van der Waals surface area contributed by atoms with E-state index in [4.69, 9.17) is 5.73 Å². The zero-order chi connectivity index (χ0) is 15.1. The molecule has 1 aromatic heterocycles. The van der Waals surface area contributed by atoms with Gasteiger partial charge in [0.2, 0.25) is 0 Å². The fraction of sp³-hybridized carbons (Fsp3) is 0.500. The number of fused-ring (bicyclic) bond motifs is 1. The maximum atomic E-state index is 11.9. The maximum Gasteiger partial charge on any atom is 0.177 e. The van der Waals surface area contributed by atoms with E-state index in [1.54, 1.807) is 12.1 Å². The molecule has 2 N–H and O–H groups in total. The summed E-state index contributed by atoms with van der Waals surface area (Å²) in [6.07, 6.45) is 2.93. The van der Waals surface area contributed by atoms with Gasteiger partial charge in [0.25, 0.3) is 0 Å². The van der Waals surface area contributed by atoms with Gasteiger partial charge in [-0.3, -0.25) is 0 Å². The Kier molecular flexibility index (Phi) is 3.64. The summed E-state index contributed by atoms with van der Waals surface area (Å²) in [6.45, 7) is 3.99. The molecule has 0 radical (unpaired) electrons. The molecule has 0 fully saturated rings. The van der Waals surface area contributed by atoms with Crippen molar-refractivity contribution >= 4 is 20.9 Å². The molecule has 5 nitrogen and oxygen atoms in total. The monoisotopic (exact) mass is 295 g/mol. The van der Waals surface area contributed by atoms with Gasteiger partial charge in [-0.15, -0.1) is 0 Å². The highest BCUT2D eigenvalue weighted by molar-refractivity contribution is 7.91. The number of sulfone groups is 1. The third-order valence-corrected chi connectivity index (χ3v) is 4.68. The van der Waals surface area contributed by atoms with Crippen LogP contribution in [0.5, 0.6) is 0 Å². The lowest BCUT2D eigenvalue weighted by Gasteiger charge is -2.23. The summed E-state index contributed by atoms with van der Waals surface area (Å²) in [6, 6.07) is 5.18. The van der Waals surface area contributed by atoms with E-state index in [1.165, 1.54) is 6.26 Å². The van der Waals surface area contributed by atoms with Crippen LogP contribution in [-0.2, 0) is 22.4 Å². The standard InChI is InChI=1S/C14H21N3O2S/c1-5-9-14(2,15)13-16-12-10(17(13)3)7-6-8-11(12)20(4,18)19/h6-8H,5,9,15H2,1-4H3. The Bertz CT molecular complexity index is 745. The molecule has 1 aromatic carbocycles. The van der Waals surface area contributed by atoms with Gasteiger partial charge in [-0.05, 0) is 25.5 Å². The van der Waals surface area contributed by atoms with Gasteiger partial charge in [-0.1, -0.05) is 19.4 Å². The first-order chi connectivity index (χ1) is 9.18. The maximum absolute atomic E-state index is 11.9. The molecule has 0 saturated heterocycles. The Hall–Kier alpha value is -1.40. The molecule has 0 amide bonds. The van der Waals surface area contributed by atoms with Crippen LogP contribution in [0.15, 0.2) is 23.1 Å². The first-order valence-electron chi connectivity index (χ1n) is 6.63. The zero-order valence-corrected chi connectivity index (χ0v) is 13.2. The van der Waals surface area contributed by atoms with Gasteiger partial charge in [0.1, 0.15) is 11.3 Å². The van der Waals surface area contributed by atoms with E-state index in [-0.39, 0.29) is 4.90 Å². The molecule has 20 heavy (non-hydrogen) atoms. The number of nitrogens with two attached hydrogens (primary N) is 1. The van der Waals surface area contributed by atoms with Crippen molar-refractivity contribution in [1.29, 1.82) is 0 Å². The average molecular weight is 295 g/mol. The van der Waals surface area contributed by atoms with Crippen molar-refractivity contribution < 1.29 is 8.42 Å². The largest absolute Gasteiger partial charge is 0.330 e. The van der Waals surface area contributed by atoms with Crippen molar-refractivity contribution in [2.45, 2.75) is 37.1 Å². The fourth-order valence-corrected chi connectivity index (χ4v) is 3.46. The quantitative estimate of drug-likeness (QED) is 0.935. The number of para-hydroxylation sites is 1. The van der Waals surface area contributed by atoms with Gasteiger partial charge in [0, 0.05) is 13.3 Å². The van der Waals surface area contributed by atoms with E-state index in [1.807, 2.05) is 24.6 Å². The van der Waals surface area contributed by atoms with Gasteiger partial charge in [0.15, 0.2) is 9.84 Å². The number of nitrogens with zero attached hydrogens (tertiary/aromatic N) is 2. The molecule has 2 aromatic rings. The van der Waals surface area contributed by atoms with Crippen LogP contribution in [0, 0.1) is 0 Å². The Labute approximate surface area is 119 Å². The highest BCUT2D eigenvalue weighted by Gasteiger charge is 2.28. The molecular weight excluding hydrogens is 274 g/mol. The van der Waals surface area contributed by atoms with Gasteiger partial charge in [-0.2, -0.15) is 0 Å². The Morgan fingerprint density at radius 3 is 2.60 bits per heavy atom. The summed E-state index contributed by atoms with van der Waals surface area (Å²) in [5, 5.41) is 0. The minimum Gasteiger partial charge on any atom is -0.330 e. The SMILES string of the molecule is CCCC(C)(N)c1nc2c(S(C)(=O)=O)cccc2n1C. The molecule has 0 aliphatic heterocycles. The lowest BCUT2D eigenvalue weighted by Crippen LogP contribution is -2.35. The van der Waals surface area contributed by atoms with Crippen molar-refractivity contribution in [2.75, 3.05) is 6.26 Å². The highest BCUT2D eigenvalue weighted by Crippen LogP contribution is 2.29. The molecular formula is C14H21N3O2S. The molecule has 1 unspecified atom stereocenters. The lowest BCUT2D eigenvalue weighted by atomic mass is 9.97.